The average Bonchev–Trinajstić information content (AvgIpc) is 2.34. The minimum Gasteiger partial charge on any atom is -0.330 e. The van der Waals surface area contributed by atoms with E-state index in [4.69, 9.17) is 17.2 Å². The first-order valence-electron chi connectivity index (χ1n) is 8.50. The highest BCUT2D eigenvalue weighted by atomic mass is 14.8. The lowest BCUT2D eigenvalue weighted by Crippen LogP contribution is -2.55. The number of unbranched alkanes of at least 4 members (excludes halogenated alkanes) is 4. The summed E-state index contributed by atoms with van der Waals surface area (Å²) in [5, 5.41) is 0. The molecule has 1 rings (SSSR count). The molecule has 0 atom stereocenters. The number of nitrogens with two attached hydrogens (primary N) is 3. The van der Waals surface area contributed by atoms with Crippen molar-refractivity contribution >= 4 is 0 Å². The van der Waals surface area contributed by atoms with E-state index in [0.29, 0.717) is 5.41 Å². The fourth-order valence-electron chi connectivity index (χ4n) is 3.65. The quantitative estimate of drug-likeness (QED) is 0.598. The molecule has 0 bridgehead atoms. The molecule has 1 aliphatic carbocycles. The van der Waals surface area contributed by atoms with Crippen molar-refractivity contribution < 1.29 is 0 Å². The molecular formula is C17H37N3. The van der Waals surface area contributed by atoms with E-state index in [1.54, 1.807) is 0 Å². The maximum Gasteiger partial charge on any atom is 0.0154 e. The van der Waals surface area contributed by atoms with Gasteiger partial charge in [0.05, 0.1) is 0 Å². The molecule has 0 spiro atoms. The van der Waals surface area contributed by atoms with Crippen LogP contribution in [0, 0.1) is 5.41 Å². The van der Waals surface area contributed by atoms with E-state index in [1.807, 2.05) is 0 Å². The molecule has 3 heteroatoms. The lowest BCUT2D eigenvalue weighted by atomic mass is 9.58. The summed E-state index contributed by atoms with van der Waals surface area (Å²) < 4.78 is 0. The fraction of sp³-hybridized carbons (Fsp3) is 1.00. The van der Waals surface area contributed by atoms with Gasteiger partial charge in [-0.1, -0.05) is 25.7 Å². The highest BCUT2D eigenvalue weighted by molar-refractivity contribution is 5.02. The molecule has 1 fully saturated rings. The highest BCUT2D eigenvalue weighted by Gasteiger charge is 2.46. The number of hydrogen-bond donors (Lipinski definition) is 3. The molecule has 0 aromatic carbocycles. The summed E-state index contributed by atoms with van der Waals surface area (Å²) in [4.78, 5) is 0. The van der Waals surface area contributed by atoms with Crippen molar-refractivity contribution in [3.05, 3.63) is 0 Å². The van der Waals surface area contributed by atoms with E-state index in [2.05, 4.69) is 20.8 Å². The summed E-state index contributed by atoms with van der Waals surface area (Å²) in [7, 11) is 0. The summed E-state index contributed by atoms with van der Waals surface area (Å²) in [6.07, 6.45) is 12.2. The second kappa shape index (κ2) is 7.24. The van der Waals surface area contributed by atoms with Gasteiger partial charge in [-0.3, -0.25) is 0 Å². The fourth-order valence-corrected chi connectivity index (χ4v) is 3.65. The maximum absolute atomic E-state index is 6.54. The van der Waals surface area contributed by atoms with Crippen LogP contribution in [0.4, 0.5) is 0 Å². The molecule has 0 amide bonds. The SMILES string of the molecule is CC1(N)CCC(CCCCCCCN)(C(C)(C)N)CC1. The Morgan fingerprint density at radius 2 is 1.40 bits per heavy atom. The van der Waals surface area contributed by atoms with Crippen LogP contribution in [-0.4, -0.2) is 17.6 Å². The third kappa shape index (κ3) is 5.01. The van der Waals surface area contributed by atoms with Crippen LogP contribution in [0.25, 0.3) is 0 Å². The number of hydrogen-bond acceptors (Lipinski definition) is 3. The Balaban J connectivity index is 2.46. The van der Waals surface area contributed by atoms with E-state index < -0.39 is 0 Å². The molecule has 3 nitrogen and oxygen atoms in total. The zero-order valence-electron chi connectivity index (χ0n) is 14.0. The van der Waals surface area contributed by atoms with Gasteiger partial charge in [0.1, 0.15) is 0 Å². The second-order valence-corrected chi connectivity index (χ2v) is 7.96. The predicted molar refractivity (Wildman–Crippen MR) is 88.5 cm³/mol. The topological polar surface area (TPSA) is 78.1 Å². The molecule has 0 unspecified atom stereocenters. The molecule has 20 heavy (non-hydrogen) atoms. The standard InChI is InChI=1S/C17H37N3/c1-15(2,19)17(9-7-5-4-6-8-14-18)12-10-16(3,20)11-13-17/h4-14,18-20H2,1-3H3. The van der Waals surface area contributed by atoms with Gasteiger partial charge < -0.3 is 17.2 Å². The van der Waals surface area contributed by atoms with Crippen LogP contribution >= 0.6 is 0 Å². The molecule has 0 aliphatic heterocycles. The molecule has 120 valence electrons. The highest BCUT2D eigenvalue weighted by Crippen LogP contribution is 2.49. The van der Waals surface area contributed by atoms with Crippen LogP contribution in [-0.2, 0) is 0 Å². The van der Waals surface area contributed by atoms with Crippen molar-refractivity contribution in [2.75, 3.05) is 6.54 Å². The smallest absolute Gasteiger partial charge is 0.0154 e. The molecule has 0 aromatic heterocycles. The molecule has 1 saturated carbocycles. The first-order valence-corrected chi connectivity index (χ1v) is 8.50. The Kier molecular flexibility index (Phi) is 6.49. The van der Waals surface area contributed by atoms with Crippen LogP contribution in [0.5, 0.6) is 0 Å². The summed E-state index contributed by atoms with van der Waals surface area (Å²) in [6.45, 7) is 7.43. The predicted octanol–water partition coefficient (Wildman–Crippen LogP) is 3.30. The first-order chi connectivity index (χ1) is 9.22. The third-order valence-corrected chi connectivity index (χ3v) is 5.58. The van der Waals surface area contributed by atoms with Gasteiger partial charge in [0, 0.05) is 11.1 Å². The van der Waals surface area contributed by atoms with Crippen LogP contribution in [0.2, 0.25) is 0 Å². The van der Waals surface area contributed by atoms with Crippen molar-refractivity contribution in [3.63, 3.8) is 0 Å². The summed E-state index contributed by atoms with van der Waals surface area (Å²) in [5.41, 5.74) is 18.6. The molecule has 0 radical (unpaired) electrons. The van der Waals surface area contributed by atoms with Gasteiger partial charge in [-0.15, -0.1) is 0 Å². The van der Waals surface area contributed by atoms with Crippen molar-refractivity contribution in [2.45, 2.75) is 96.1 Å². The van der Waals surface area contributed by atoms with Crippen LogP contribution in [0.3, 0.4) is 0 Å². The molecule has 0 heterocycles. The third-order valence-electron chi connectivity index (χ3n) is 5.58. The molecular weight excluding hydrogens is 246 g/mol. The zero-order chi connectivity index (χ0) is 15.3. The van der Waals surface area contributed by atoms with Crippen molar-refractivity contribution in [1.29, 1.82) is 0 Å². The summed E-state index contributed by atoms with van der Waals surface area (Å²) in [5.74, 6) is 0. The number of rotatable bonds is 8. The Bertz CT molecular complexity index is 268. The van der Waals surface area contributed by atoms with Gasteiger partial charge in [0.15, 0.2) is 0 Å². The minimum atomic E-state index is -0.0965. The summed E-state index contributed by atoms with van der Waals surface area (Å²) in [6, 6.07) is 0. The van der Waals surface area contributed by atoms with Gasteiger partial charge in [0.25, 0.3) is 0 Å². The lowest BCUT2D eigenvalue weighted by molar-refractivity contribution is 0.0495. The van der Waals surface area contributed by atoms with E-state index in [-0.39, 0.29) is 11.1 Å². The molecule has 0 aromatic rings. The average molecular weight is 284 g/mol. The molecule has 0 saturated heterocycles. The largest absolute Gasteiger partial charge is 0.330 e. The Hall–Kier alpha value is -0.120. The van der Waals surface area contributed by atoms with Crippen LogP contribution in [0.15, 0.2) is 0 Å². The molecule has 1 aliphatic rings. The van der Waals surface area contributed by atoms with E-state index >= 15 is 0 Å². The van der Waals surface area contributed by atoms with Crippen LogP contribution < -0.4 is 17.2 Å². The van der Waals surface area contributed by atoms with E-state index in [0.717, 1.165) is 19.4 Å². The van der Waals surface area contributed by atoms with Crippen molar-refractivity contribution in [2.24, 2.45) is 22.6 Å². The van der Waals surface area contributed by atoms with Crippen molar-refractivity contribution in [3.8, 4) is 0 Å². The lowest BCUT2D eigenvalue weighted by Gasteiger charge is -2.51. The normalized spacial score (nSPS) is 31.5. The Morgan fingerprint density at radius 3 is 1.90 bits per heavy atom. The Labute approximate surface area is 126 Å². The molecule has 6 N–H and O–H groups in total. The van der Waals surface area contributed by atoms with Gasteiger partial charge >= 0.3 is 0 Å². The van der Waals surface area contributed by atoms with Gasteiger partial charge in [-0.05, 0) is 71.3 Å². The maximum atomic E-state index is 6.54. The van der Waals surface area contributed by atoms with Gasteiger partial charge in [-0.2, -0.15) is 0 Å². The van der Waals surface area contributed by atoms with Crippen LogP contribution in [0.1, 0.15) is 85.0 Å². The minimum absolute atomic E-state index is 0.0237. The summed E-state index contributed by atoms with van der Waals surface area (Å²) >= 11 is 0. The van der Waals surface area contributed by atoms with E-state index in [9.17, 15) is 0 Å². The Morgan fingerprint density at radius 1 is 0.900 bits per heavy atom. The van der Waals surface area contributed by atoms with Gasteiger partial charge in [-0.25, -0.2) is 0 Å². The zero-order valence-corrected chi connectivity index (χ0v) is 14.0. The first kappa shape index (κ1) is 17.9. The van der Waals surface area contributed by atoms with Crippen molar-refractivity contribution in [1.82, 2.24) is 0 Å². The van der Waals surface area contributed by atoms with E-state index in [1.165, 1.54) is 51.4 Å². The monoisotopic (exact) mass is 283 g/mol. The second-order valence-electron chi connectivity index (χ2n) is 7.96. The van der Waals surface area contributed by atoms with Gasteiger partial charge in [0.2, 0.25) is 0 Å².